The lowest BCUT2D eigenvalue weighted by Crippen LogP contribution is -2.17. The molecule has 180 valence electrons. The van der Waals surface area contributed by atoms with E-state index in [2.05, 4.69) is 9.97 Å². The highest BCUT2D eigenvalue weighted by atomic mass is 32.2. The highest BCUT2D eigenvalue weighted by Crippen LogP contribution is 2.42. The molecule has 1 aliphatic rings. The Morgan fingerprint density at radius 1 is 1.09 bits per heavy atom. The van der Waals surface area contributed by atoms with Gasteiger partial charge in [0, 0.05) is 18.0 Å². The van der Waals surface area contributed by atoms with E-state index in [1.54, 1.807) is 0 Å². The topological polar surface area (TPSA) is 74.1 Å². The average Bonchev–Trinajstić information content (AvgIpc) is 3.28. The zero-order valence-corrected chi connectivity index (χ0v) is 19.0. The Balaban J connectivity index is 1.66. The number of halogens is 4. The van der Waals surface area contributed by atoms with Crippen molar-refractivity contribution in [3.63, 3.8) is 0 Å². The van der Waals surface area contributed by atoms with Gasteiger partial charge in [0.1, 0.15) is 23.8 Å². The van der Waals surface area contributed by atoms with Crippen molar-refractivity contribution in [2.45, 2.75) is 24.6 Å². The summed E-state index contributed by atoms with van der Waals surface area (Å²) in [5, 5.41) is 0. The van der Waals surface area contributed by atoms with Crippen molar-refractivity contribution in [1.82, 2.24) is 14.5 Å². The molecule has 2 aromatic carbocycles. The van der Waals surface area contributed by atoms with Crippen LogP contribution in [0.2, 0.25) is 0 Å². The minimum atomic E-state index is -4.60. The molecule has 0 spiro atoms. The van der Waals surface area contributed by atoms with Gasteiger partial charge in [-0.3, -0.25) is 9.55 Å². The maximum absolute atomic E-state index is 13.4. The first kappa shape index (κ1) is 23.0. The number of benzene rings is 2. The van der Waals surface area contributed by atoms with Gasteiger partial charge in [-0.05, 0) is 35.9 Å². The molecular formula is C24H17F4N3O3S. The van der Waals surface area contributed by atoms with Crippen LogP contribution in [0.3, 0.4) is 0 Å². The van der Waals surface area contributed by atoms with Crippen LogP contribution in [0.1, 0.15) is 18.3 Å². The van der Waals surface area contributed by atoms with E-state index >= 15 is 0 Å². The zero-order chi connectivity index (χ0) is 25.0. The highest BCUT2D eigenvalue weighted by Gasteiger charge is 2.37. The van der Waals surface area contributed by atoms with Gasteiger partial charge in [-0.15, -0.1) is 0 Å². The second kappa shape index (κ2) is 8.19. The van der Waals surface area contributed by atoms with E-state index in [1.165, 1.54) is 66.3 Å². The Morgan fingerprint density at radius 3 is 2.51 bits per heavy atom. The predicted octanol–water partition coefficient (Wildman–Crippen LogP) is 5.45. The van der Waals surface area contributed by atoms with Gasteiger partial charge >= 0.3 is 6.18 Å². The number of sulfone groups is 1. The number of pyridine rings is 1. The van der Waals surface area contributed by atoms with Crippen LogP contribution in [0, 0.1) is 5.82 Å². The molecular weight excluding hydrogens is 486 g/mol. The summed E-state index contributed by atoms with van der Waals surface area (Å²) in [6, 6.07) is 10.6. The molecule has 3 heterocycles. The molecule has 1 aliphatic heterocycles. The Hall–Kier alpha value is -3.73. The number of hydrogen-bond acceptors (Lipinski definition) is 5. The summed E-state index contributed by atoms with van der Waals surface area (Å²) in [5.41, 5.74) is 0.506. The lowest BCUT2D eigenvalue weighted by molar-refractivity contribution is -0.139. The van der Waals surface area contributed by atoms with Crippen LogP contribution in [0.25, 0.3) is 28.2 Å². The molecule has 0 unspecified atom stereocenters. The number of alkyl halides is 3. The molecule has 11 heteroatoms. The van der Waals surface area contributed by atoms with Gasteiger partial charge in [-0.2, -0.15) is 13.2 Å². The monoisotopic (exact) mass is 503 g/mol. The van der Waals surface area contributed by atoms with Gasteiger partial charge in [0.05, 0.1) is 21.9 Å². The Morgan fingerprint density at radius 2 is 1.83 bits per heavy atom. The highest BCUT2D eigenvalue weighted by molar-refractivity contribution is 7.91. The molecule has 0 radical (unpaired) electrons. The minimum absolute atomic E-state index is 0.0631. The summed E-state index contributed by atoms with van der Waals surface area (Å²) >= 11 is 0. The number of hydrogen-bond donors (Lipinski definition) is 0. The normalized spacial score (nSPS) is 13.2. The van der Waals surface area contributed by atoms with Crippen LogP contribution in [0.15, 0.2) is 65.8 Å². The van der Waals surface area contributed by atoms with Gasteiger partial charge < -0.3 is 4.74 Å². The predicted molar refractivity (Wildman–Crippen MR) is 119 cm³/mol. The lowest BCUT2D eigenvalue weighted by atomic mass is 10.1. The third-order valence-electron chi connectivity index (χ3n) is 5.67. The van der Waals surface area contributed by atoms with Crippen molar-refractivity contribution in [3.8, 4) is 34.0 Å². The minimum Gasteiger partial charge on any atom is -0.483 e. The summed E-state index contributed by atoms with van der Waals surface area (Å²) in [5.74, 6) is -0.656. The SMILES string of the molecule is CCS(=O)(=O)c1cc(-c2ccc(F)cc2)cnc1-c1cn2c(n1)COc1c-2cccc1C(F)(F)F. The van der Waals surface area contributed by atoms with E-state index < -0.39 is 27.4 Å². The maximum Gasteiger partial charge on any atom is 0.420 e. The van der Waals surface area contributed by atoms with Crippen molar-refractivity contribution >= 4 is 9.84 Å². The lowest BCUT2D eigenvalue weighted by Gasteiger charge is -2.22. The van der Waals surface area contributed by atoms with Crippen LogP contribution in [0.4, 0.5) is 17.6 Å². The average molecular weight is 503 g/mol. The summed E-state index contributed by atoms with van der Waals surface area (Å²) in [7, 11) is -3.77. The van der Waals surface area contributed by atoms with Gasteiger partial charge in [0.2, 0.25) is 0 Å². The number of rotatable bonds is 4. The molecule has 5 rings (SSSR count). The molecule has 0 N–H and O–H groups in total. The number of fused-ring (bicyclic) bond motifs is 3. The molecule has 6 nitrogen and oxygen atoms in total. The van der Waals surface area contributed by atoms with Crippen molar-refractivity contribution in [2.24, 2.45) is 0 Å². The number of ether oxygens (including phenoxy) is 1. The standard InChI is InChI=1S/C24H17F4N3O3S/c1-2-35(32,33)20-10-15(14-6-8-16(25)9-7-14)11-29-22(20)18-12-31-19-5-3-4-17(24(26,27)28)23(19)34-13-21(31)30-18/h3-12H,2,13H2,1H3. The Kier molecular flexibility index (Phi) is 5.39. The first-order valence-corrected chi connectivity index (χ1v) is 12.1. The molecule has 0 aliphatic carbocycles. The van der Waals surface area contributed by atoms with Gasteiger partial charge in [-0.1, -0.05) is 25.1 Å². The number of imidazole rings is 1. The fraction of sp³-hybridized carbons (Fsp3) is 0.167. The van der Waals surface area contributed by atoms with Crippen molar-refractivity contribution in [3.05, 3.63) is 78.1 Å². The van der Waals surface area contributed by atoms with Gasteiger partial charge in [0.25, 0.3) is 0 Å². The van der Waals surface area contributed by atoms with E-state index in [-0.39, 0.29) is 40.1 Å². The molecule has 0 saturated carbocycles. The molecule has 0 atom stereocenters. The fourth-order valence-electron chi connectivity index (χ4n) is 3.90. The zero-order valence-electron chi connectivity index (χ0n) is 18.2. The molecule has 0 fully saturated rings. The van der Waals surface area contributed by atoms with E-state index in [1.807, 2.05) is 0 Å². The van der Waals surface area contributed by atoms with Crippen LogP contribution in [0.5, 0.6) is 5.75 Å². The quantitative estimate of drug-likeness (QED) is 0.347. The van der Waals surface area contributed by atoms with E-state index in [9.17, 15) is 26.0 Å². The molecule has 4 aromatic rings. The summed E-state index contributed by atoms with van der Waals surface area (Å²) in [6.07, 6.45) is -1.71. The molecule has 35 heavy (non-hydrogen) atoms. The van der Waals surface area contributed by atoms with Gasteiger partial charge in [-0.25, -0.2) is 17.8 Å². The second-order valence-electron chi connectivity index (χ2n) is 7.83. The number of para-hydroxylation sites is 1. The maximum atomic E-state index is 13.4. The molecule has 0 amide bonds. The van der Waals surface area contributed by atoms with Crippen molar-refractivity contribution in [1.29, 1.82) is 0 Å². The second-order valence-corrected chi connectivity index (χ2v) is 10.1. The smallest absolute Gasteiger partial charge is 0.420 e. The third-order valence-corrected chi connectivity index (χ3v) is 7.41. The Labute approximate surface area is 197 Å². The van der Waals surface area contributed by atoms with Crippen LogP contribution in [-0.2, 0) is 22.6 Å². The van der Waals surface area contributed by atoms with E-state index in [4.69, 9.17) is 4.74 Å². The Bertz CT molecular complexity index is 1550. The third kappa shape index (κ3) is 4.05. The van der Waals surface area contributed by atoms with Crippen LogP contribution >= 0.6 is 0 Å². The first-order chi connectivity index (χ1) is 16.6. The van der Waals surface area contributed by atoms with Crippen LogP contribution in [-0.4, -0.2) is 28.7 Å². The van der Waals surface area contributed by atoms with E-state index in [0.717, 1.165) is 6.07 Å². The number of nitrogens with zero attached hydrogens (tertiary/aromatic N) is 3. The fourth-order valence-corrected chi connectivity index (χ4v) is 4.97. The van der Waals surface area contributed by atoms with E-state index in [0.29, 0.717) is 17.0 Å². The molecule has 0 bridgehead atoms. The van der Waals surface area contributed by atoms with Crippen molar-refractivity contribution < 1.29 is 30.7 Å². The van der Waals surface area contributed by atoms with Crippen molar-refractivity contribution in [2.75, 3.05) is 5.75 Å². The van der Waals surface area contributed by atoms with Gasteiger partial charge in [0.15, 0.2) is 21.4 Å². The summed E-state index contributed by atoms with van der Waals surface area (Å²) in [4.78, 5) is 8.68. The molecule has 0 saturated heterocycles. The summed E-state index contributed by atoms with van der Waals surface area (Å²) < 4.78 is 86.4. The first-order valence-electron chi connectivity index (χ1n) is 10.5. The van der Waals surface area contributed by atoms with Crippen LogP contribution < -0.4 is 4.74 Å². The largest absolute Gasteiger partial charge is 0.483 e. The number of aromatic nitrogens is 3. The summed E-state index contributed by atoms with van der Waals surface area (Å²) in [6.45, 7) is 1.26. The molecule has 2 aromatic heterocycles.